The third-order valence-corrected chi connectivity index (χ3v) is 4.89. The van der Waals surface area contributed by atoms with Gasteiger partial charge in [0.1, 0.15) is 0 Å². The lowest BCUT2D eigenvalue weighted by Crippen LogP contribution is -2.00. The third kappa shape index (κ3) is 3.71. The first kappa shape index (κ1) is 16.8. The average molecular weight is 356 g/mol. The van der Waals surface area contributed by atoms with Gasteiger partial charge in [-0.2, -0.15) is 0 Å². The van der Waals surface area contributed by atoms with Crippen LogP contribution in [0.4, 0.5) is 0 Å². The second kappa shape index (κ2) is 7.24. The zero-order valence-corrected chi connectivity index (χ0v) is 15.2. The van der Waals surface area contributed by atoms with E-state index in [1.165, 1.54) is 5.56 Å². The Balaban J connectivity index is 2.09. The zero-order valence-electron chi connectivity index (χ0n) is 13.7. The molecule has 3 nitrogen and oxygen atoms in total. The maximum Gasteiger partial charge on any atom is 0.196 e. The van der Waals surface area contributed by atoms with Crippen LogP contribution in [0.2, 0.25) is 5.02 Å². The normalized spacial score (nSPS) is 10.8. The summed E-state index contributed by atoms with van der Waals surface area (Å²) in [5.74, 6) is 1.62. The van der Waals surface area contributed by atoms with E-state index >= 15 is 0 Å². The summed E-state index contributed by atoms with van der Waals surface area (Å²) < 4.78 is 2.08. The lowest BCUT2D eigenvalue weighted by Gasteiger charge is -2.11. The minimum atomic E-state index is 0.706. The molecule has 0 aliphatic rings. The first-order valence-corrected chi connectivity index (χ1v) is 8.96. The predicted molar refractivity (Wildman–Crippen MR) is 102 cm³/mol. The SMILES string of the molecule is C=C(C)CSc1nnc(-c2ccc(Cl)cc2)n1-c1ccc(C)cc1. The molecule has 0 unspecified atom stereocenters. The van der Waals surface area contributed by atoms with Crippen LogP contribution in [-0.2, 0) is 0 Å². The first-order chi connectivity index (χ1) is 11.5. The van der Waals surface area contributed by atoms with Crippen molar-refractivity contribution in [1.82, 2.24) is 14.8 Å². The summed E-state index contributed by atoms with van der Waals surface area (Å²) in [6, 6.07) is 16.0. The molecule has 0 aliphatic heterocycles. The van der Waals surface area contributed by atoms with Gasteiger partial charge < -0.3 is 0 Å². The van der Waals surface area contributed by atoms with Gasteiger partial charge in [-0.25, -0.2) is 0 Å². The Labute approximate surface area is 151 Å². The Morgan fingerprint density at radius 3 is 2.38 bits per heavy atom. The number of thioether (sulfide) groups is 1. The van der Waals surface area contributed by atoms with Gasteiger partial charge in [-0.05, 0) is 50.2 Å². The van der Waals surface area contributed by atoms with Crippen molar-refractivity contribution < 1.29 is 0 Å². The van der Waals surface area contributed by atoms with Crippen LogP contribution in [-0.4, -0.2) is 20.5 Å². The first-order valence-electron chi connectivity index (χ1n) is 7.60. The Hall–Kier alpha value is -2.04. The molecule has 3 aromatic rings. The van der Waals surface area contributed by atoms with Crippen molar-refractivity contribution in [3.8, 4) is 17.1 Å². The summed E-state index contributed by atoms with van der Waals surface area (Å²) in [5.41, 5.74) is 4.34. The van der Waals surface area contributed by atoms with Gasteiger partial charge in [0.05, 0.1) is 0 Å². The number of halogens is 1. The smallest absolute Gasteiger partial charge is 0.196 e. The molecule has 122 valence electrons. The standard InChI is InChI=1S/C19H18ClN3S/c1-13(2)12-24-19-22-21-18(15-6-8-16(20)9-7-15)23(19)17-10-4-14(3)5-11-17/h4-11H,1,12H2,2-3H3. The Kier molecular flexibility index (Phi) is 5.07. The van der Waals surface area contributed by atoms with E-state index < -0.39 is 0 Å². The largest absolute Gasteiger partial charge is 0.270 e. The van der Waals surface area contributed by atoms with Crippen LogP contribution in [0.15, 0.2) is 65.8 Å². The molecule has 1 aromatic heterocycles. The van der Waals surface area contributed by atoms with E-state index in [2.05, 4.69) is 52.5 Å². The van der Waals surface area contributed by atoms with Crippen molar-refractivity contribution in [2.24, 2.45) is 0 Å². The molecule has 0 spiro atoms. The predicted octanol–water partition coefficient (Wildman–Crippen LogP) is 5.56. The topological polar surface area (TPSA) is 30.7 Å². The maximum atomic E-state index is 6.01. The summed E-state index contributed by atoms with van der Waals surface area (Å²) in [6.45, 7) is 8.06. The zero-order chi connectivity index (χ0) is 17.1. The Morgan fingerprint density at radius 1 is 1.08 bits per heavy atom. The Bertz CT molecular complexity index is 851. The number of benzene rings is 2. The molecule has 0 saturated carbocycles. The van der Waals surface area contributed by atoms with Gasteiger partial charge in [-0.3, -0.25) is 4.57 Å². The lowest BCUT2D eigenvalue weighted by molar-refractivity contribution is 0.887. The fourth-order valence-corrected chi connectivity index (χ4v) is 3.18. The minimum Gasteiger partial charge on any atom is -0.270 e. The number of aromatic nitrogens is 3. The molecule has 0 saturated heterocycles. The highest BCUT2D eigenvalue weighted by Gasteiger charge is 2.16. The quantitative estimate of drug-likeness (QED) is 0.443. The van der Waals surface area contributed by atoms with Gasteiger partial charge in [0.25, 0.3) is 0 Å². The molecule has 0 radical (unpaired) electrons. The lowest BCUT2D eigenvalue weighted by atomic mass is 10.2. The van der Waals surface area contributed by atoms with Crippen LogP contribution in [0.3, 0.4) is 0 Å². The second-order valence-electron chi connectivity index (χ2n) is 5.73. The van der Waals surface area contributed by atoms with Crippen molar-refractivity contribution in [1.29, 1.82) is 0 Å². The molecule has 0 N–H and O–H groups in total. The van der Waals surface area contributed by atoms with E-state index in [0.29, 0.717) is 5.02 Å². The number of hydrogen-bond donors (Lipinski definition) is 0. The molecule has 0 atom stereocenters. The highest BCUT2D eigenvalue weighted by molar-refractivity contribution is 7.99. The van der Waals surface area contributed by atoms with Crippen LogP contribution < -0.4 is 0 Å². The molecule has 24 heavy (non-hydrogen) atoms. The van der Waals surface area contributed by atoms with Gasteiger partial charge in [-0.1, -0.05) is 53.2 Å². The van der Waals surface area contributed by atoms with Gasteiger partial charge in [-0.15, -0.1) is 10.2 Å². The monoisotopic (exact) mass is 355 g/mol. The summed E-state index contributed by atoms with van der Waals surface area (Å²) in [4.78, 5) is 0. The average Bonchev–Trinajstić information content (AvgIpc) is 2.98. The van der Waals surface area contributed by atoms with Crippen LogP contribution in [0.25, 0.3) is 17.1 Å². The van der Waals surface area contributed by atoms with Gasteiger partial charge in [0.2, 0.25) is 0 Å². The fourth-order valence-electron chi connectivity index (χ4n) is 2.26. The van der Waals surface area contributed by atoms with E-state index in [0.717, 1.165) is 33.6 Å². The summed E-state index contributed by atoms with van der Waals surface area (Å²) in [6.07, 6.45) is 0. The van der Waals surface area contributed by atoms with E-state index in [1.54, 1.807) is 11.8 Å². The summed E-state index contributed by atoms with van der Waals surface area (Å²) in [5, 5.41) is 10.4. The van der Waals surface area contributed by atoms with Crippen LogP contribution >= 0.6 is 23.4 Å². The van der Waals surface area contributed by atoms with Crippen molar-refractivity contribution in [2.45, 2.75) is 19.0 Å². The van der Waals surface area contributed by atoms with Crippen molar-refractivity contribution >= 4 is 23.4 Å². The molecular weight excluding hydrogens is 338 g/mol. The highest BCUT2D eigenvalue weighted by Crippen LogP contribution is 2.29. The molecule has 0 bridgehead atoms. The number of nitrogens with zero attached hydrogens (tertiary/aromatic N) is 3. The summed E-state index contributed by atoms with van der Waals surface area (Å²) >= 11 is 7.64. The van der Waals surface area contributed by atoms with E-state index in [9.17, 15) is 0 Å². The molecule has 0 fully saturated rings. The van der Waals surface area contributed by atoms with E-state index in [1.807, 2.05) is 31.2 Å². The minimum absolute atomic E-state index is 0.706. The van der Waals surface area contributed by atoms with Crippen LogP contribution in [0, 0.1) is 6.92 Å². The van der Waals surface area contributed by atoms with Gasteiger partial charge >= 0.3 is 0 Å². The number of aryl methyl sites for hydroxylation is 1. The van der Waals surface area contributed by atoms with Crippen molar-refractivity contribution in [3.63, 3.8) is 0 Å². The van der Waals surface area contributed by atoms with Gasteiger partial charge in [0.15, 0.2) is 11.0 Å². The Morgan fingerprint density at radius 2 is 1.75 bits per heavy atom. The molecule has 2 aromatic carbocycles. The summed E-state index contributed by atoms with van der Waals surface area (Å²) in [7, 11) is 0. The maximum absolute atomic E-state index is 6.01. The third-order valence-electron chi connectivity index (χ3n) is 3.48. The highest BCUT2D eigenvalue weighted by atomic mass is 35.5. The molecule has 1 heterocycles. The second-order valence-corrected chi connectivity index (χ2v) is 7.11. The van der Waals surface area contributed by atoms with Crippen molar-refractivity contribution in [3.05, 3.63) is 71.3 Å². The number of hydrogen-bond acceptors (Lipinski definition) is 3. The van der Waals surface area contributed by atoms with E-state index in [-0.39, 0.29) is 0 Å². The van der Waals surface area contributed by atoms with Crippen LogP contribution in [0.5, 0.6) is 0 Å². The van der Waals surface area contributed by atoms with Crippen molar-refractivity contribution in [2.75, 3.05) is 5.75 Å². The molecule has 3 rings (SSSR count). The molecule has 5 heteroatoms. The van der Waals surface area contributed by atoms with Crippen LogP contribution in [0.1, 0.15) is 12.5 Å². The number of rotatable bonds is 5. The van der Waals surface area contributed by atoms with Gasteiger partial charge in [0, 0.05) is 22.0 Å². The fraction of sp³-hybridized carbons (Fsp3) is 0.158. The molecular formula is C19H18ClN3S. The molecule has 0 aliphatic carbocycles. The molecule has 0 amide bonds. The van der Waals surface area contributed by atoms with E-state index in [4.69, 9.17) is 11.6 Å².